The maximum Gasteiger partial charge on any atom is 0.511 e. The molecule has 0 aliphatic heterocycles. The number of hydrogen-bond acceptors (Lipinski definition) is 7. The summed E-state index contributed by atoms with van der Waals surface area (Å²) in [5.74, 6) is 1.86. The Labute approximate surface area is 297 Å². The van der Waals surface area contributed by atoms with Gasteiger partial charge < -0.3 is 33.9 Å². The Morgan fingerprint density at radius 2 is 1.06 bits per heavy atom. The predicted molar refractivity (Wildman–Crippen MR) is 196 cm³/mol. The van der Waals surface area contributed by atoms with Crippen molar-refractivity contribution in [1.29, 1.82) is 0 Å². The van der Waals surface area contributed by atoms with E-state index in [2.05, 4.69) is 13.8 Å². The molecule has 0 bridgehead atoms. The van der Waals surface area contributed by atoms with E-state index in [4.69, 9.17) is 28.8 Å². The third-order valence-electron chi connectivity index (χ3n) is 8.43. The largest absolute Gasteiger partial charge is 0.511 e. The third-order valence-corrected chi connectivity index (χ3v) is 8.43. The average molecular weight is 693 g/mol. The van der Waals surface area contributed by atoms with Crippen LogP contribution in [0.25, 0.3) is 11.1 Å². The number of rotatable bonds is 26. The van der Waals surface area contributed by atoms with Gasteiger partial charge in [-0.05, 0) is 60.4 Å². The van der Waals surface area contributed by atoms with Crippen LogP contribution in [0.1, 0.15) is 122 Å². The Balaban J connectivity index is 1.70. The van der Waals surface area contributed by atoms with Crippen LogP contribution >= 0.6 is 0 Å². The summed E-state index contributed by atoms with van der Waals surface area (Å²) in [6, 6.07) is 16.9. The predicted octanol–water partition coefficient (Wildman–Crippen LogP) is 12.1. The van der Waals surface area contributed by atoms with Crippen LogP contribution in [0, 0.1) is 0 Å². The molecule has 274 valence electrons. The first-order valence-electron chi connectivity index (χ1n) is 18.5. The van der Waals surface area contributed by atoms with Crippen molar-refractivity contribution in [3.05, 3.63) is 66.2 Å². The molecular weight excluding hydrogens is 636 g/mol. The highest BCUT2D eigenvalue weighted by Gasteiger charge is 2.18. The van der Waals surface area contributed by atoms with Crippen LogP contribution in [0.2, 0.25) is 0 Å². The molecule has 3 aromatic carbocycles. The van der Waals surface area contributed by atoms with Gasteiger partial charge in [0.1, 0.15) is 23.9 Å². The normalized spacial score (nSPS) is 10.8. The molecule has 3 aromatic rings. The highest BCUT2D eigenvalue weighted by atomic mass is 16.7. The molecule has 9 heteroatoms. The van der Waals surface area contributed by atoms with Crippen molar-refractivity contribution < 1.29 is 43.5 Å². The van der Waals surface area contributed by atoms with Crippen molar-refractivity contribution in [3.8, 4) is 39.9 Å². The van der Waals surface area contributed by atoms with Crippen LogP contribution in [-0.2, 0) is 6.61 Å². The van der Waals surface area contributed by atoms with Gasteiger partial charge in [0.05, 0.1) is 18.8 Å². The molecule has 0 amide bonds. The minimum atomic E-state index is -1.48. The SMILES string of the molecule is CCCCCCCCCCOc1ccc(COc2cccc(OC(=O)O)c2-c2cccc(OC(=O)O)c2)cc1OCCCCCCCCCC. The van der Waals surface area contributed by atoms with Crippen molar-refractivity contribution in [2.45, 2.75) is 123 Å². The Morgan fingerprint density at radius 1 is 0.520 bits per heavy atom. The Morgan fingerprint density at radius 3 is 1.66 bits per heavy atom. The van der Waals surface area contributed by atoms with Gasteiger partial charge in [-0.25, -0.2) is 9.59 Å². The molecule has 0 saturated carbocycles. The monoisotopic (exact) mass is 692 g/mol. The zero-order valence-corrected chi connectivity index (χ0v) is 30.0. The van der Waals surface area contributed by atoms with E-state index < -0.39 is 12.3 Å². The van der Waals surface area contributed by atoms with Crippen LogP contribution in [0.15, 0.2) is 60.7 Å². The molecule has 0 radical (unpaired) electrons. The van der Waals surface area contributed by atoms with E-state index in [0.29, 0.717) is 41.6 Å². The highest BCUT2D eigenvalue weighted by Crippen LogP contribution is 2.40. The quantitative estimate of drug-likeness (QED) is 0.0481. The van der Waals surface area contributed by atoms with Crippen molar-refractivity contribution in [2.75, 3.05) is 13.2 Å². The number of hydrogen-bond donors (Lipinski definition) is 2. The van der Waals surface area contributed by atoms with Crippen molar-refractivity contribution in [1.82, 2.24) is 0 Å². The lowest BCUT2D eigenvalue weighted by Gasteiger charge is -2.17. The summed E-state index contributed by atoms with van der Waals surface area (Å²) < 4.78 is 28.6. The van der Waals surface area contributed by atoms with E-state index in [-0.39, 0.29) is 18.1 Å². The zero-order chi connectivity index (χ0) is 35.8. The molecule has 0 atom stereocenters. The van der Waals surface area contributed by atoms with Crippen molar-refractivity contribution >= 4 is 12.3 Å². The molecule has 0 heterocycles. The summed E-state index contributed by atoms with van der Waals surface area (Å²) in [6.45, 7) is 5.85. The summed E-state index contributed by atoms with van der Waals surface area (Å²) in [7, 11) is 0. The first-order valence-corrected chi connectivity index (χ1v) is 18.5. The second-order valence-electron chi connectivity index (χ2n) is 12.6. The first kappa shape index (κ1) is 40.0. The number of benzene rings is 3. The fourth-order valence-electron chi connectivity index (χ4n) is 5.78. The van der Waals surface area contributed by atoms with E-state index in [1.54, 1.807) is 24.3 Å². The Bertz CT molecular complexity index is 1420. The second-order valence-corrected chi connectivity index (χ2v) is 12.6. The van der Waals surface area contributed by atoms with Crippen LogP contribution in [0.3, 0.4) is 0 Å². The lowest BCUT2D eigenvalue weighted by atomic mass is 10.0. The Hall–Kier alpha value is -4.40. The summed E-state index contributed by atoms with van der Waals surface area (Å²) in [4.78, 5) is 22.6. The van der Waals surface area contributed by atoms with Gasteiger partial charge in [-0.1, -0.05) is 128 Å². The van der Waals surface area contributed by atoms with Gasteiger partial charge in [-0.3, -0.25) is 0 Å². The number of unbranched alkanes of at least 4 members (excludes halogenated alkanes) is 14. The van der Waals surface area contributed by atoms with Crippen LogP contribution in [0.5, 0.6) is 28.7 Å². The summed E-state index contributed by atoms with van der Waals surface area (Å²) in [5.41, 5.74) is 1.66. The first-order chi connectivity index (χ1) is 24.4. The van der Waals surface area contributed by atoms with E-state index in [1.165, 1.54) is 95.2 Å². The molecule has 0 fully saturated rings. The molecule has 0 unspecified atom stereocenters. The summed E-state index contributed by atoms with van der Waals surface area (Å²) >= 11 is 0. The molecule has 0 aromatic heterocycles. The van der Waals surface area contributed by atoms with Gasteiger partial charge in [0, 0.05) is 0 Å². The molecule has 0 aliphatic rings. The topological polar surface area (TPSA) is 121 Å². The maximum absolute atomic E-state index is 11.5. The molecule has 9 nitrogen and oxygen atoms in total. The summed E-state index contributed by atoms with van der Waals surface area (Å²) in [5, 5.41) is 18.5. The van der Waals surface area contributed by atoms with Crippen LogP contribution in [-0.4, -0.2) is 35.7 Å². The van der Waals surface area contributed by atoms with Crippen LogP contribution < -0.4 is 23.7 Å². The van der Waals surface area contributed by atoms with Gasteiger partial charge in [0.25, 0.3) is 0 Å². The maximum atomic E-state index is 11.5. The zero-order valence-electron chi connectivity index (χ0n) is 30.0. The molecule has 0 aliphatic carbocycles. The molecule has 3 rings (SSSR count). The number of carbonyl (C=O) groups is 2. The second kappa shape index (κ2) is 23.9. The van der Waals surface area contributed by atoms with Crippen molar-refractivity contribution in [3.63, 3.8) is 0 Å². The Kier molecular flexibility index (Phi) is 19.1. The molecule has 50 heavy (non-hydrogen) atoms. The lowest BCUT2D eigenvalue weighted by molar-refractivity contribution is 0.143. The smallest absolute Gasteiger partial charge is 0.490 e. The van der Waals surface area contributed by atoms with Gasteiger partial charge >= 0.3 is 12.3 Å². The van der Waals surface area contributed by atoms with E-state index in [9.17, 15) is 14.7 Å². The van der Waals surface area contributed by atoms with Gasteiger partial charge in [0.15, 0.2) is 11.5 Å². The minimum absolute atomic E-state index is 0.0431. The lowest BCUT2D eigenvalue weighted by Crippen LogP contribution is -2.06. The molecular formula is C41H56O9. The summed E-state index contributed by atoms with van der Waals surface area (Å²) in [6.07, 6.45) is 16.6. The third kappa shape index (κ3) is 15.4. The van der Waals surface area contributed by atoms with Gasteiger partial charge in [-0.2, -0.15) is 0 Å². The highest BCUT2D eigenvalue weighted by molar-refractivity contribution is 5.80. The molecule has 0 saturated heterocycles. The fraction of sp³-hybridized carbons (Fsp3) is 0.512. The van der Waals surface area contributed by atoms with E-state index in [0.717, 1.165) is 31.2 Å². The van der Waals surface area contributed by atoms with Crippen LogP contribution in [0.4, 0.5) is 9.59 Å². The number of carboxylic acid groups (broad SMARTS) is 2. The fourth-order valence-corrected chi connectivity index (χ4v) is 5.78. The molecule has 0 spiro atoms. The van der Waals surface area contributed by atoms with E-state index in [1.807, 2.05) is 18.2 Å². The number of ether oxygens (including phenoxy) is 5. The van der Waals surface area contributed by atoms with Gasteiger partial charge in [-0.15, -0.1) is 0 Å². The van der Waals surface area contributed by atoms with Gasteiger partial charge in [0.2, 0.25) is 0 Å². The molecule has 2 N–H and O–H groups in total. The van der Waals surface area contributed by atoms with Crippen molar-refractivity contribution in [2.24, 2.45) is 0 Å². The standard InChI is InChI=1S/C41H56O9/c1-3-5-7-9-11-13-15-17-27-46-35-26-25-32(29-38(35)47-28-18-16-14-12-10-8-6-4-2)31-48-36-23-20-24-37(50-41(44)45)39(36)33-21-19-22-34(30-33)49-40(42)43/h19-26,29-30H,3-18,27-28,31H2,1-2H3,(H,42,43)(H,44,45). The van der Waals surface area contributed by atoms with E-state index >= 15 is 0 Å². The average Bonchev–Trinajstić information content (AvgIpc) is 3.09. The minimum Gasteiger partial charge on any atom is -0.490 e.